The first-order valence-electron chi connectivity index (χ1n) is 47.0. The number of ether oxygens (including phenoxy) is 2. The molecule has 0 aromatic carbocycles. The number of rotatable bonds is 30. The lowest BCUT2D eigenvalue weighted by Crippen LogP contribution is -2.16. The topological polar surface area (TPSA) is 38.8 Å². The molecule has 0 aromatic rings. The summed E-state index contributed by atoms with van der Waals surface area (Å²) >= 11 is 0. The summed E-state index contributed by atoms with van der Waals surface area (Å²) in [6.45, 7) is 103. The molecule has 4 heteroatoms. The van der Waals surface area contributed by atoms with Crippen LogP contribution in [0.4, 0.5) is 0 Å². The molecule has 0 atom stereocenters. The molecule has 0 N–H and O–H groups in total. The fraction of sp³-hybridized carbons (Fsp3) is 0.952. The molecule has 0 amide bonds. The second kappa shape index (κ2) is 93.2. The first-order chi connectivity index (χ1) is 49.6. The van der Waals surface area contributed by atoms with Gasteiger partial charge in [0, 0.05) is 33.9 Å². The van der Waals surface area contributed by atoms with Gasteiger partial charge < -0.3 is 19.2 Å². The Labute approximate surface area is 693 Å². The first-order valence-corrected chi connectivity index (χ1v) is 47.0. The van der Waals surface area contributed by atoms with Gasteiger partial charge >= 0.3 is 0 Å². The number of methoxy groups -OCH3 is 2. The van der Waals surface area contributed by atoms with Gasteiger partial charge in [0.15, 0.2) is 0 Å². The van der Waals surface area contributed by atoms with Crippen LogP contribution in [0, 0.1) is 130 Å². The third-order valence-electron chi connectivity index (χ3n) is 19.4. The molecule has 3 aliphatic carbocycles. The standard InChI is InChI=1S/2C10H20.C10H18.C8H18.C7H17N.C7H16O.C7H14O.3C7H16.C6H14O.2C6H14.C6H12/c3*1-8(2)10-6-4-9(3)5-7-10;1-7(2)6-8(3,4)5;1-7(2)5-6-8(3)4;1-7(2)5-4-6-8-3;1-6(2)4-5-7(3)8;2*1-6(2)5-7(3)4;1-4-5-6-7(2)3;1-6(2)4-5-7-3;3*1-4-5-6(2)3/h2*8-10H,4-7H2,1-3H3;8,10H,3-7H2,1-2H3;7H,6H2,1-5H3;7H,5-6H2,1-4H3;7H,4-6H2,1-3H3;6H,4-5H2,1-3H3;2*6-7H,5H2,1-4H3;7H,4-6H2,1-3H3;6H,4-5H2,1-3H3;2*6H,4-5H2,1-3H3;4,6H,1,5H2,2-3H3. The Morgan fingerprint density at radius 1 is 0.407 bits per heavy atom. The third kappa shape index (κ3) is 154. The molecule has 0 aliphatic heterocycles. The summed E-state index contributed by atoms with van der Waals surface area (Å²) in [5.41, 5.74) is 1.99. The third-order valence-corrected chi connectivity index (χ3v) is 19.4. The van der Waals surface area contributed by atoms with Crippen molar-refractivity contribution in [3.8, 4) is 0 Å². The number of nitrogens with zero attached hydrogens (tertiary/aromatic N) is 1. The van der Waals surface area contributed by atoms with Crippen LogP contribution in [0.25, 0.3) is 0 Å². The highest BCUT2D eigenvalue weighted by Crippen LogP contribution is 2.34. The number of allylic oxidation sites excluding steroid dienone is 2. The van der Waals surface area contributed by atoms with Crippen molar-refractivity contribution < 1.29 is 14.3 Å². The second-order valence-corrected chi connectivity index (χ2v) is 41.7. The summed E-state index contributed by atoms with van der Waals surface area (Å²) in [4.78, 5) is 12.6. The van der Waals surface area contributed by atoms with E-state index in [1.807, 2.05) is 6.08 Å². The quantitative estimate of drug-likeness (QED) is 0.0531. The number of hydrogen-bond donors (Lipinski definition) is 0. The number of ketones is 1. The Morgan fingerprint density at radius 2 is 0.713 bits per heavy atom. The lowest BCUT2D eigenvalue weighted by molar-refractivity contribution is -0.117. The van der Waals surface area contributed by atoms with Crippen LogP contribution in [0.1, 0.15) is 470 Å². The van der Waals surface area contributed by atoms with Crippen molar-refractivity contribution >= 4 is 5.78 Å². The van der Waals surface area contributed by atoms with Gasteiger partial charge in [0.25, 0.3) is 0 Å². The molecule has 0 spiro atoms. The van der Waals surface area contributed by atoms with E-state index in [2.05, 4.69) is 309 Å². The van der Waals surface area contributed by atoms with E-state index in [0.29, 0.717) is 17.1 Å². The zero-order chi connectivity index (χ0) is 87.1. The van der Waals surface area contributed by atoms with Crippen LogP contribution >= 0.6 is 0 Å². The molecule has 3 aliphatic rings. The summed E-state index contributed by atoms with van der Waals surface area (Å²) in [6.07, 6.45) is 40.6. The van der Waals surface area contributed by atoms with Crippen LogP contribution in [0.2, 0.25) is 0 Å². The monoisotopic (exact) mass is 1540 g/mol. The molecule has 0 aromatic heterocycles. The maximum atomic E-state index is 10.3. The summed E-state index contributed by atoms with van der Waals surface area (Å²) in [5, 5.41) is 0. The van der Waals surface area contributed by atoms with Gasteiger partial charge in [0.2, 0.25) is 0 Å². The average Bonchev–Trinajstić information content (AvgIpc) is 0.929. The van der Waals surface area contributed by atoms with Gasteiger partial charge in [-0.1, -0.05) is 366 Å². The molecule has 3 saturated carbocycles. The van der Waals surface area contributed by atoms with Gasteiger partial charge in [0.1, 0.15) is 5.78 Å². The fourth-order valence-electron chi connectivity index (χ4n) is 12.8. The molecule has 0 unspecified atom stereocenters. The smallest absolute Gasteiger partial charge is 0.129 e. The normalized spacial score (nSPS) is 16.2. The Morgan fingerprint density at radius 3 is 0.852 bits per heavy atom. The van der Waals surface area contributed by atoms with Gasteiger partial charge in [-0.05, 0) is 266 Å². The predicted molar refractivity (Wildman–Crippen MR) is 509 cm³/mol. The van der Waals surface area contributed by atoms with E-state index >= 15 is 0 Å². The molecule has 3 rings (SSSR count). The number of Topliss-reactive ketones (excluding diaryl/α,β-unsaturated/α-hetero) is 1. The lowest BCUT2D eigenvalue weighted by Gasteiger charge is -2.28. The summed E-state index contributed by atoms with van der Waals surface area (Å²) in [7, 11) is 7.72. The molecular weight excluding hydrogens is 1310 g/mol. The number of unbranched alkanes of at least 4 members (excludes halogenated alkanes) is 1. The summed E-state index contributed by atoms with van der Waals surface area (Å²) < 4.78 is 9.74. The van der Waals surface area contributed by atoms with Gasteiger partial charge in [-0.2, -0.15) is 0 Å². The maximum absolute atomic E-state index is 10.3. The Bertz CT molecular complexity index is 1540. The molecule has 0 saturated heterocycles. The molecule has 3 fully saturated rings. The van der Waals surface area contributed by atoms with Crippen LogP contribution in [0.5, 0.6) is 0 Å². The zero-order valence-corrected chi connectivity index (χ0v) is 84.9. The largest absolute Gasteiger partial charge is 0.385 e. The SMILES string of the molecule is C=C1CCC(C(C)C)CC1.C=CCC(C)C.CC(=O)CCC(C)C.CC(C)CC(C)(C)C.CC(C)CC(C)C.CC(C)CC(C)C.CC(C)CCN(C)C.CC1CCC(C(C)C)CC1.CC1CCC(C(C)C)CC1.CCCC(C)C.CCCC(C)C.CCCCC(C)C.COCCC(C)C.COCCCC(C)C. The Hall–Kier alpha value is -0.970. The number of carbonyl (C=O) groups is 1. The van der Waals surface area contributed by atoms with E-state index in [0.717, 1.165) is 151 Å². The average molecular weight is 1540 g/mol. The molecule has 4 nitrogen and oxygen atoms in total. The highest BCUT2D eigenvalue weighted by molar-refractivity contribution is 5.75. The van der Waals surface area contributed by atoms with Crippen molar-refractivity contribution in [2.24, 2.45) is 130 Å². The summed E-state index contributed by atoms with van der Waals surface area (Å²) in [6, 6.07) is 0. The van der Waals surface area contributed by atoms with Crippen LogP contribution in [-0.2, 0) is 14.3 Å². The van der Waals surface area contributed by atoms with Crippen LogP contribution in [-0.4, -0.2) is 58.8 Å². The highest BCUT2D eigenvalue weighted by Gasteiger charge is 2.22. The second-order valence-electron chi connectivity index (χ2n) is 41.7. The van der Waals surface area contributed by atoms with Gasteiger partial charge in [-0.15, -0.1) is 6.58 Å². The van der Waals surface area contributed by atoms with Crippen molar-refractivity contribution in [3.63, 3.8) is 0 Å². The Kier molecular flexibility index (Phi) is 113. The van der Waals surface area contributed by atoms with Crippen molar-refractivity contribution in [2.45, 2.75) is 470 Å². The van der Waals surface area contributed by atoms with Crippen molar-refractivity contribution in [1.82, 2.24) is 4.90 Å². The molecular formula is C104H225NO3. The van der Waals surface area contributed by atoms with Crippen molar-refractivity contribution in [2.75, 3.05) is 48.1 Å². The van der Waals surface area contributed by atoms with Crippen molar-refractivity contribution in [3.05, 3.63) is 24.8 Å². The molecule has 0 radical (unpaired) electrons. The van der Waals surface area contributed by atoms with Gasteiger partial charge in [-0.3, -0.25) is 0 Å². The minimum atomic E-state index is 0.304. The van der Waals surface area contributed by atoms with E-state index < -0.39 is 0 Å². The predicted octanol–water partition coefficient (Wildman–Crippen LogP) is 36.1. The minimum absolute atomic E-state index is 0.304. The van der Waals surface area contributed by atoms with E-state index in [1.54, 1.807) is 21.1 Å². The fourth-order valence-corrected chi connectivity index (χ4v) is 12.8. The molecule has 664 valence electrons. The lowest BCUT2D eigenvalue weighted by atomic mass is 9.78. The molecule has 108 heavy (non-hydrogen) atoms. The zero-order valence-electron chi connectivity index (χ0n) is 84.9. The number of carbonyl (C=O) groups excluding carboxylic acids is 1. The minimum Gasteiger partial charge on any atom is -0.385 e. The maximum Gasteiger partial charge on any atom is 0.129 e. The van der Waals surface area contributed by atoms with E-state index in [9.17, 15) is 4.79 Å². The van der Waals surface area contributed by atoms with E-state index in [4.69, 9.17) is 9.47 Å². The summed E-state index contributed by atoms with van der Waals surface area (Å²) in [5.74, 6) is 19.0. The van der Waals surface area contributed by atoms with Crippen LogP contribution in [0.15, 0.2) is 24.8 Å². The highest BCUT2D eigenvalue weighted by atomic mass is 16.5. The number of hydrogen-bond acceptors (Lipinski definition) is 4. The molecule has 0 heterocycles. The van der Waals surface area contributed by atoms with Crippen LogP contribution in [0.3, 0.4) is 0 Å². The van der Waals surface area contributed by atoms with Crippen LogP contribution < -0.4 is 0 Å². The van der Waals surface area contributed by atoms with Gasteiger partial charge in [-0.25, -0.2) is 0 Å². The molecule has 0 bridgehead atoms. The van der Waals surface area contributed by atoms with E-state index in [1.165, 1.54) is 179 Å². The van der Waals surface area contributed by atoms with E-state index in [-0.39, 0.29) is 0 Å². The first kappa shape index (κ1) is 130. The van der Waals surface area contributed by atoms with Gasteiger partial charge in [0.05, 0.1) is 0 Å². The van der Waals surface area contributed by atoms with Crippen molar-refractivity contribution in [1.29, 1.82) is 0 Å². The Balaban J connectivity index is -0.000000105.